The van der Waals surface area contributed by atoms with Crippen molar-refractivity contribution < 1.29 is 8.42 Å². The van der Waals surface area contributed by atoms with Crippen LogP contribution in [-0.2, 0) is 10.0 Å². The lowest BCUT2D eigenvalue weighted by molar-refractivity contribution is 0.207. The molecule has 0 saturated carbocycles. The maximum atomic E-state index is 11.5. The van der Waals surface area contributed by atoms with E-state index in [0.717, 1.165) is 12.8 Å². The van der Waals surface area contributed by atoms with Crippen LogP contribution in [0.1, 0.15) is 19.8 Å². The number of nitrogens with zero attached hydrogens (tertiary/aromatic N) is 1. The second-order valence-corrected chi connectivity index (χ2v) is 5.68. The van der Waals surface area contributed by atoms with Crippen LogP contribution in [0.2, 0.25) is 0 Å². The van der Waals surface area contributed by atoms with Crippen molar-refractivity contribution in [2.24, 2.45) is 11.7 Å². The predicted molar refractivity (Wildman–Crippen MR) is 52.8 cm³/mol. The third kappa shape index (κ3) is 2.65. The van der Waals surface area contributed by atoms with Gasteiger partial charge in [0.05, 0.1) is 5.75 Å². The molecule has 1 fully saturated rings. The minimum absolute atomic E-state index is 0.292. The smallest absolute Gasteiger partial charge is 0.214 e. The van der Waals surface area contributed by atoms with Crippen molar-refractivity contribution in [3.05, 3.63) is 0 Å². The van der Waals surface area contributed by atoms with Crippen molar-refractivity contribution in [1.82, 2.24) is 4.31 Å². The molecule has 13 heavy (non-hydrogen) atoms. The summed E-state index contributed by atoms with van der Waals surface area (Å²) in [6.07, 6.45) is 1.68. The largest absolute Gasteiger partial charge is 0.330 e. The summed E-state index contributed by atoms with van der Waals surface area (Å²) >= 11 is 0. The van der Waals surface area contributed by atoms with Gasteiger partial charge in [-0.15, -0.1) is 0 Å². The average molecular weight is 206 g/mol. The molecule has 0 unspecified atom stereocenters. The van der Waals surface area contributed by atoms with Gasteiger partial charge in [0.15, 0.2) is 0 Å². The van der Waals surface area contributed by atoms with Crippen LogP contribution in [0.25, 0.3) is 0 Å². The van der Waals surface area contributed by atoms with Gasteiger partial charge in [0, 0.05) is 13.1 Å². The van der Waals surface area contributed by atoms with Crippen molar-refractivity contribution in [3.8, 4) is 0 Å². The Balaban J connectivity index is 2.36. The Morgan fingerprint density at radius 2 is 2.08 bits per heavy atom. The van der Waals surface area contributed by atoms with Crippen LogP contribution in [0.15, 0.2) is 0 Å². The van der Waals surface area contributed by atoms with Gasteiger partial charge in [-0.25, -0.2) is 12.7 Å². The predicted octanol–water partition coefficient (Wildman–Crippen LogP) is 0.00680. The van der Waals surface area contributed by atoms with E-state index in [1.807, 2.05) is 6.92 Å². The fourth-order valence-corrected chi connectivity index (χ4v) is 3.14. The molecule has 1 heterocycles. The first-order chi connectivity index (χ1) is 6.10. The summed E-state index contributed by atoms with van der Waals surface area (Å²) in [5.74, 6) is 0.678. The molecule has 1 aliphatic heterocycles. The van der Waals surface area contributed by atoms with Gasteiger partial charge in [-0.05, 0) is 18.9 Å². The van der Waals surface area contributed by atoms with Crippen molar-refractivity contribution in [3.63, 3.8) is 0 Å². The summed E-state index contributed by atoms with van der Waals surface area (Å²) in [6, 6.07) is 0. The molecular formula is C8H18N2O2S. The molecule has 5 heteroatoms. The number of hydrogen-bond acceptors (Lipinski definition) is 3. The molecule has 2 N–H and O–H groups in total. The van der Waals surface area contributed by atoms with Crippen LogP contribution >= 0.6 is 0 Å². The molecule has 1 saturated heterocycles. The van der Waals surface area contributed by atoms with Gasteiger partial charge in [-0.2, -0.15) is 0 Å². The van der Waals surface area contributed by atoms with Gasteiger partial charge in [-0.1, -0.05) is 13.3 Å². The molecule has 0 spiro atoms. The van der Waals surface area contributed by atoms with E-state index in [1.165, 1.54) is 0 Å². The van der Waals surface area contributed by atoms with E-state index < -0.39 is 10.0 Å². The molecule has 0 aromatic carbocycles. The topological polar surface area (TPSA) is 63.4 Å². The number of hydrogen-bond donors (Lipinski definition) is 1. The molecule has 0 radical (unpaired) electrons. The number of rotatable bonds is 5. The fourth-order valence-electron chi connectivity index (χ4n) is 1.35. The molecule has 1 aliphatic rings. The Labute approximate surface area is 80.1 Å². The minimum atomic E-state index is -2.95. The van der Waals surface area contributed by atoms with Gasteiger partial charge in [0.2, 0.25) is 10.0 Å². The number of sulfonamides is 1. The lowest BCUT2D eigenvalue weighted by atomic mass is 10.0. The molecule has 0 amide bonds. The third-order valence-corrected chi connectivity index (χ3v) is 4.30. The quantitative estimate of drug-likeness (QED) is 0.689. The highest BCUT2D eigenvalue weighted by Crippen LogP contribution is 2.19. The Morgan fingerprint density at radius 1 is 1.46 bits per heavy atom. The zero-order valence-corrected chi connectivity index (χ0v) is 8.89. The van der Waals surface area contributed by atoms with Crippen molar-refractivity contribution >= 4 is 10.0 Å². The highest BCUT2D eigenvalue weighted by molar-refractivity contribution is 7.89. The summed E-state index contributed by atoms with van der Waals surface area (Å²) in [6.45, 7) is 3.85. The Hall–Kier alpha value is -0.130. The fraction of sp³-hybridized carbons (Fsp3) is 1.00. The van der Waals surface area contributed by atoms with E-state index >= 15 is 0 Å². The molecule has 78 valence electrons. The first kappa shape index (κ1) is 10.9. The molecule has 0 bridgehead atoms. The van der Waals surface area contributed by atoms with Crippen molar-refractivity contribution in [1.29, 1.82) is 0 Å². The van der Waals surface area contributed by atoms with Crippen LogP contribution in [0, 0.1) is 5.92 Å². The van der Waals surface area contributed by atoms with E-state index in [0.29, 0.717) is 31.3 Å². The normalized spacial score (nSPS) is 20.2. The summed E-state index contributed by atoms with van der Waals surface area (Å²) < 4.78 is 24.6. The first-order valence-corrected chi connectivity index (χ1v) is 6.39. The zero-order chi connectivity index (χ0) is 9.90. The van der Waals surface area contributed by atoms with Gasteiger partial charge in [0.1, 0.15) is 0 Å². The Bertz CT molecular complexity index is 245. The second kappa shape index (κ2) is 4.39. The Kier molecular flexibility index (Phi) is 3.70. The maximum absolute atomic E-state index is 11.5. The Morgan fingerprint density at radius 3 is 2.54 bits per heavy atom. The molecule has 0 aromatic heterocycles. The van der Waals surface area contributed by atoms with Crippen molar-refractivity contribution in [2.45, 2.75) is 19.8 Å². The standard InChI is InChI=1S/C8H18N2O2S/c1-2-3-4-13(11,12)10-6-8(5-9)7-10/h8H,2-7,9H2,1H3. The molecule has 4 nitrogen and oxygen atoms in total. The molecule has 0 aliphatic carbocycles. The van der Waals surface area contributed by atoms with Crippen LogP contribution in [0.3, 0.4) is 0 Å². The van der Waals surface area contributed by atoms with E-state index in [9.17, 15) is 8.42 Å². The monoisotopic (exact) mass is 206 g/mol. The maximum Gasteiger partial charge on any atom is 0.214 e. The average Bonchev–Trinajstić information content (AvgIpc) is 1.98. The molecule has 0 atom stereocenters. The molecular weight excluding hydrogens is 188 g/mol. The van der Waals surface area contributed by atoms with E-state index in [1.54, 1.807) is 4.31 Å². The summed E-state index contributed by atoms with van der Waals surface area (Å²) in [5, 5.41) is 0. The lowest BCUT2D eigenvalue weighted by Gasteiger charge is -2.37. The summed E-state index contributed by atoms with van der Waals surface area (Å²) in [4.78, 5) is 0. The van der Waals surface area contributed by atoms with Gasteiger partial charge >= 0.3 is 0 Å². The SMILES string of the molecule is CCCCS(=O)(=O)N1CC(CN)C1. The van der Waals surface area contributed by atoms with Crippen LogP contribution in [-0.4, -0.2) is 38.1 Å². The van der Waals surface area contributed by atoms with Crippen LogP contribution < -0.4 is 5.73 Å². The van der Waals surface area contributed by atoms with E-state index in [2.05, 4.69) is 0 Å². The summed E-state index contributed by atoms with van der Waals surface area (Å²) in [7, 11) is -2.95. The number of unbranched alkanes of at least 4 members (excludes halogenated alkanes) is 1. The highest BCUT2D eigenvalue weighted by atomic mass is 32.2. The minimum Gasteiger partial charge on any atom is -0.330 e. The van der Waals surface area contributed by atoms with E-state index in [-0.39, 0.29) is 0 Å². The van der Waals surface area contributed by atoms with Gasteiger partial charge in [0.25, 0.3) is 0 Å². The van der Waals surface area contributed by atoms with Crippen LogP contribution in [0.5, 0.6) is 0 Å². The summed E-state index contributed by atoms with van der Waals surface area (Å²) in [5.41, 5.74) is 5.42. The first-order valence-electron chi connectivity index (χ1n) is 4.78. The third-order valence-electron chi connectivity index (χ3n) is 2.41. The second-order valence-electron chi connectivity index (χ2n) is 3.59. The van der Waals surface area contributed by atoms with Crippen LogP contribution in [0.4, 0.5) is 0 Å². The van der Waals surface area contributed by atoms with Gasteiger partial charge in [-0.3, -0.25) is 0 Å². The molecule has 0 aromatic rings. The number of nitrogens with two attached hydrogens (primary N) is 1. The molecule has 1 rings (SSSR count). The highest BCUT2D eigenvalue weighted by Gasteiger charge is 2.33. The zero-order valence-electron chi connectivity index (χ0n) is 8.07. The van der Waals surface area contributed by atoms with Gasteiger partial charge < -0.3 is 5.73 Å². The van der Waals surface area contributed by atoms with Crippen molar-refractivity contribution in [2.75, 3.05) is 25.4 Å². The van der Waals surface area contributed by atoms with E-state index in [4.69, 9.17) is 5.73 Å². The lowest BCUT2D eigenvalue weighted by Crippen LogP contribution is -2.53.